The highest BCUT2D eigenvalue weighted by atomic mass is 35.5. The summed E-state index contributed by atoms with van der Waals surface area (Å²) in [6.45, 7) is 0. The summed E-state index contributed by atoms with van der Waals surface area (Å²) in [5, 5.41) is 13.5. The van der Waals surface area contributed by atoms with E-state index in [-0.39, 0.29) is 5.75 Å². The third kappa shape index (κ3) is 4.39. The predicted octanol–water partition coefficient (Wildman–Crippen LogP) is 7.33. The van der Waals surface area contributed by atoms with Crippen LogP contribution in [0.4, 0.5) is 0 Å². The molecule has 1 atom stereocenters. The van der Waals surface area contributed by atoms with E-state index in [1.165, 1.54) is 0 Å². The van der Waals surface area contributed by atoms with Crippen molar-refractivity contribution in [1.29, 1.82) is 0 Å². The molecular weight excluding hydrogens is 478 g/mol. The highest BCUT2D eigenvalue weighted by Crippen LogP contribution is 2.43. The van der Waals surface area contributed by atoms with E-state index in [0.29, 0.717) is 54.6 Å². The van der Waals surface area contributed by atoms with Gasteiger partial charge in [-0.2, -0.15) is 0 Å². The van der Waals surface area contributed by atoms with Crippen LogP contribution < -0.4 is 4.74 Å². The lowest BCUT2D eigenvalue weighted by Gasteiger charge is -2.22. The van der Waals surface area contributed by atoms with Gasteiger partial charge in [-0.25, -0.2) is 0 Å². The van der Waals surface area contributed by atoms with Crippen LogP contribution in [0.2, 0.25) is 20.1 Å². The summed E-state index contributed by atoms with van der Waals surface area (Å²) >= 11 is 25.3. The summed E-state index contributed by atoms with van der Waals surface area (Å²) in [6, 6.07) is 12.5. The first kappa shape index (κ1) is 22.0. The van der Waals surface area contributed by atoms with Crippen LogP contribution in [-0.4, -0.2) is 22.2 Å². The van der Waals surface area contributed by atoms with E-state index in [2.05, 4.69) is 9.97 Å². The number of methoxy groups -OCH3 is 1. The van der Waals surface area contributed by atoms with Crippen molar-refractivity contribution in [3.05, 3.63) is 91.8 Å². The van der Waals surface area contributed by atoms with Crippen LogP contribution >= 0.6 is 46.4 Å². The molecule has 4 nitrogen and oxygen atoms in total. The van der Waals surface area contributed by atoms with Gasteiger partial charge >= 0.3 is 0 Å². The largest absolute Gasteiger partial charge is 0.505 e. The van der Waals surface area contributed by atoms with Crippen molar-refractivity contribution in [2.24, 2.45) is 0 Å². The van der Waals surface area contributed by atoms with Crippen LogP contribution in [0.3, 0.4) is 0 Å². The smallest absolute Gasteiger partial charge is 0.145 e. The first-order valence-corrected chi connectivity index (χ1v) is 10.8. The zero-order valence-corrected chi connectivity index (χ0v) is 19.3. The van der Waals surface area contributed by atoms with Crippen LogP contribution in [0.25, 0.3) is 10.9 Å². The fourth-order valence-corrected chi connectivity index (χ4v) is 4.51. The number of hydrogen-bond donors (Lipinski definition) is 1. The lowest BCUT2D eigenvalue weighted by molar-refractivity contribution is 0.405. The van der Waals surface area contributed by atoms with Crippen molar-refractivity contribution in [3.8, 4) is 11.5 Å². The van der Waals surface area contributed by atoms with Crippen molar-refractivity contribution in [3.63, 3.8) is 0 Å². The number of aromatic hydroxyl groups is 1. The maximum absolute atomic E-state index is 11.1. The molecule has 8 heteroatoms. The zero-order valence-electron chi connectivity index (χ0n) is 16.2. The zero-order chi connectivity index (χ0) is 22.1. The topological polar surface area (TPSA) is 55.2 Å². The van der Waals surface area contributed by atoms with E-state index >= 15 is 0 Å². The Bertz CT molecular complexity index is 1280. The lowest BCUT2D eigenvalue weighted by atomic mass is 9.85. The molecule has 2 aromatic carbocycles. The quantitative estimate of drug-likeness (QED) is 0.295. The number of phenols is 1. The maximum Gasteiger partial charge on any atom is 0.145 e. The fraction of sp³-hybridized carbons (Fsp3) is 0.130. The Morgan fingerprint density at radius 3 is 2.55 bits per heavy atom. The van der Waals surface area contributed by atoms with Gasteiger partial charge < -0.3 is 9.84 Å². The summed E-state index contributed by atoms with van der Waals surface area (Å²) in [4.78, 5) is 8.78. The summed E-state index contributed by atoms with van der Waals surface area (Å²) in [5.74, 6) is 0.154. The molecule has 0 saturated heterocycles. The molecule has 0 aliphatic carbocycles. The summed E-state index contributed by atoms with van der Waals surface area (Å²) < 4.78 is 5.47. The third-order valence-electron chi connectivity index (χ3n) is 5.07. The molecule has 1 N–H and O–H groups in total. The highest BCUT2D eigenvalue weighted by molar-refractivity contribution is 6.43. The number of hydrogen-bond acceptors (Lipinski definition) is 4. The van der Waals surface area contributed by atoms with Crippen LogP contribution in [0.1, 0.15) is 22.7 Å². The molecule has 0 bridgehead atoms. The van der Waals surface area contributed by atoms with Crippen LogP contribution in [0.15, 0.2) is 54.9 Å². The molecule has 31 heavy (non-hydrogen) atoms. The monoisotopic (exact) mass is 492 g/mol. The van der Waals surface area contributed by atoms with Crippen LogP contribution in [0.5, 0.6) is 11.5 Å². The lowest BCUT2D eigenvalue weighted by Crippen LogP contribution is -2.09. The minimum absolute atomic E-state index is 0.0585. The molecule has 4 rings (SSSR count). The summed E-state index contributed by atoms with van der Waals surface area (Å²) in [6.07, 6.45) is 3.53. The molecule has 0 aliphatic rings. The maximum atomic E-state index is 11.1. The molecule has 0 saturated carbocycles. The van der Waals surface area contributed by atoms with E-state index in [4.69, 9.17) is 51.1 Å². The number of benzene rings is 2. The van der Waals surface area contributed by atoms with E-state index in [1.54, 1.807) is 37.7 Å². The van der Waals surface area contributed by atoms with Crippen LogP contribution in [0, 0.1) is 0 Å². The van der Waals surface area contributed by atoms with Crippen molar-refractivity contribution in [2.45, 2.75) is 12.3 Å². The Labute approximate surface area is 199 Å². The number of fused-ring (bicyclic) bond motifs is 1. The fourth-order valence-electron chi connectivity index (χ4n) is 3.62. The molecule has 0 aliphatic heterocycles. The Morgan fingerprint density at radius 2 is 1.77 bits per heavy atom. The van der Waals surface area contributed by atoms with Gasteiger partial charge in [0.15, 0.2) is 0 Å². The second kappa shape index (κ2) is 9.09. The minimum atomic E-state index is -0.433. The molecule has 2 aromatic heterocycles. The van der Waals surface area contributed by atoms with Gasteiger partial charge in [0.2, 0.25) is 0 Å². The second-order valence-corrected chi connectivity index (χ2v) is 8.59. The van der Waals surface area contributed by atoms with Gasteiger partial charge in [-0.05, 0) is 23.8 Å². The van der Waals surface area contributed by atoms with Crippen molar-refractivity contribution >= 4 is 57.3 Å². The normalized spacial score (nSPS) is 12.2. The summed E-state index contributed by atoms with van der Waals surface area (Å²) in [5.41, 5.74) is 2.41. The van der Waals surface area contributed by atoms with Gasteiger partial charge in [0, 0.05) is 46.8 Å². The number of halogens is 4. The van der Waals surface area contributed by atoms with E-state index in [9.17, 15) is 5.11 Å². The Hall–Kier alpha value is -2.24. The molecule has 0 radical (unpaired) electrons. The van der Waals surface area contributed by atoms with Gasteiger partial charge in [0.05, 0.1) is 27.9 Å². The number of ether oxygens (including phenoxy) is 1. The van der Waals surface area contributed by atoms with Crippen molar-refractivity contribution in [2.75, 3.05) is 7.11 Å². The molecule has 158 valence electrons. The standard InChI is InChI=1S/C23H16Cl4N2O2/c1-31-20-9-14(25)11-29-19(20)10-16(17-7-13(24)8-18(26)21(17)27)15-5-4-12-3-2-6-28-22(12)23(15)30/h2-9,11,16,30H,10H2,1H3. The first-order chi connectivity index (χ1) is 14.9. The third-order valence-corrected chi connectivity index (χ3v) is 6.31. The number of nitrogens with zero attached hydrogens (tertiary/aromatic N) is 2. The Balaban J connectivity index is 1.94. The molecule has 4 aromatic rings. The summed E-state index contributed by atoms with van der Waals surface area (Å²) in [7, 11) is 1.55. The SMILES string of the molecule is COc1cc(Cl)cnc1CC(c1cc(Cl)cc(Cl)c1Cl)c1ccc2cccnc2c1O. The molecule has 2 heterocycles. The first-order valence-electron chi connectivity index (χ1n) is 9.28. The van der Waals surface area contributed by atoms with E-state index in [1.807, 2.05) is 24.3 Å². The Morgan fingerprint density at radius 1 is 0.968 bits per heavy atom. The van der Waals surface area contributed by atoms with E-state index < -0.39 is 5.92 Å². The average molecular weight is 494 g/mol. The van der Waals surface area contributed by atoms with Crippen molar-refractivity contribution < 1.29 is 9.84 Å². The van der Waals surface area contributed by atoms with E-state index in [0.717, 1.165) is 5.39 Å². The average Bonchev–Trinajstić information content (AvgIpc) is 2.76. The van der Waals surface area contributed by atoms with Gasteiger partial charge in [-0.1, -0.05) is 64.6 Å². The van der Waals surface area contributed by atoms with Gasteiger partial charge in [0.1, 0.15) is 17.0 Å². The number of aromatic nitrogens is 2. The van der Waals surface area contributed by atoms with Gasteiger partial charge in [-0.15, -0.1) is 0 Å². The number of phenolic OH excluding ortho intramolecular Hbond substituents is 1. The van der Waals surface area contributed by atoms with Gasteiger partial charge in [-0.3, -0.25) is 9.97 Å². The highest BCUT2D eigenvalue weighted by Gasteiger charge is 2.26. The molecule has 1 unspecified atom stereocenters. The van der Waals surface area contributed by atoms with Gasteiger partial charge in [0.25, 0.3) is 0 Å². The van der Waals surface area contributed by atoms with Crippen LogP contribution in [-0.2, 0) is 6.42 Å². The predicted molar refractivity (Wildman–Crippen MR) is 126 cm³/mol. The molecule has 0 amide bonds. The number of rotatable bonds is 5. The molecular formula is C23H16Cl4N2O2. The number of pyridine rings is 2. The Kier molecular flexibility index (Phi) is 6.44. The molecule has 0 fully saturated rings. The van der Waals surface area contributed by atoms with Crippen molar-refractivity contribution in [1.82, 2.24) is 9.97 Å². The second-order valence-electron chi connectivity index (χ2n) is 6.93. The minimum Gasteiger partial charge on any atom is -0.505 e. The molecule has 0 spiro atoms.